The van der Waals surface area contributed by atoms with Crippen LogP contribution in [0.1, 0.15) is 16.2 Å². The molecule has 0 aliphatic carbocycles. The van der Waals surface area contributed by atoms with Crippen molar-refractivity contribution < 1.29 is 4.79 Å². The Bertz CT molecular complexity index is 753. The maximum atomic E-state index is 12.5. The molecule has 20 heavy (non-hydrogen) atoms. The van der Waals surface area contributed by atoms with Gasteiger partial charge in [-0.2, -0.15) is 0 Å². The zero-order valence-corrected chi connectivity index (χ0v) is 12.0. The Hall–Kier alpha value is -2.27. The zero-order valence-electron chi connectivity index (χ0n) is 10.4. The van der Waals surface area contributed by atoms with Crippen molar-refractivity contribution in [2.24, 2.45) is 0 Å². The van der Waals surface area contributed by atoms with Crippen LogP contribution in [-0.4, -0.2) is 20.3 Å². The molecule has 0 atom stereocenters. The molecular weight excluding hydrogens is 318 g/mol. The SMILES string of the molecule is O=C(c1cccc(Br)c1)c1nccn1-c1ccccn1. The fourth-order valence-corrected chi connectivity index (χ4v) is 2.31. The van der Waals surface area contributed by atoms with Crippen molar-refractivity contribution in [2.45, 2.75) is 0 Å². The molecule has 4 nitrogen and oxygen atoms in total. The van der Waals surface area contributed by atoms with Crippen molar-refractivity contribution in [2.75, 3.05) is 0 Å². The summed E-state index contributed by atoms with van der Waals surface area (Å²) in [7, 11) is 0. The van der Waals surface area contributed by atoms with E-state index in [0.29, 0.717) is 17.2 Å². The van der Waals surface area contributed by atoms with Crippen molar-refractivity contribution in [3.05, 3.63) is 76.9 Å². The lowest BCUT2D eigenvalue weighted by atomic mass is 10.1. The van der Waals surface area contributed by atoms with Crippen LogP contribution in [0.5, 0.6) is 0 Å². The van der Waals surface area contributed by atoms with E-state index in [1.165, 1.54) is 0 Å². The summed E-state index contributed by atoms with van der Waals surface area (Å²) in [6.45, 7) is 0. The molecule has 0 saturated heterocycles. The zero-order chi connectivity index (χ0) is 13.9. The number of benzene rings is 1. The molecule has 3 aromatic rings. The molecule has 0 saturated carbocycles. The molecule has 0 N–H and O–H groups in total. The van der Waals surface area contributed by atoms with E-state index in [-0.39, 0.29) is 5.78 Å². The maximum absolute atomic E-state index is 12.5. The van der Waals surface area contributed by atoms with E-state index in [1.54, 1.807) is 35.3 Å². The van der Waals surface area contributed by atoms with Crippen molar-refractivity contribution in [1.82, 2.24) is 14.5 Å². The molecule has 0 aliphatic heterocycles. The first kappa shape index (κ1) is 12.7. The number of imidazole rings is 1. The van der Waals surface area contributed by atoms with E-state index in [1.807, 2.05) is 30.3 Å². The van der Waals surface area contributed by atoms with Gasteiger partial charge in [-0.05, 0) is 24.3 Å². The van der Waals surface area contributed by atoms with E-state index in [2.05, 4.69) is 25.9 Å². The summed E-state index contributed by atoms with van der Waals surface area (Å²) >= 11 is 3.37. The topological polar surface area (TPSA) is 47.8 Å². The van der Waals surface area contributed by atoms with E-state index in [9.17, 15) is 4.79 Å². The van der Waals surface area contributed by atoms with Crippen LogP contribution in [0, 0.1) is 0 Å². The molecule has 98 valence electrons. The normalized spacial score (nSPS) is 10.4. The van der Waals surface area contributed by atoms with Gasteiger partial charge < -0.3 is 0 Å². The highest BCUT2D eigenvalue weighted by Gasteiger charge is 2.16. The van der Waals surface area contributed by atoms with E-state index < -0.39 is 0 Å². The molecule has 0 bridgehead atoms. The number of rotatable bonds is 3. The number of aromatic nitrogens is 3. The number of halogens is 1. The van der Waals surface area contributed by atoms with Gasteiger partial charge >= 0.3 is 0 Å². The highest BCUT2D eigenvalue weighted by Crippen LogP contribution is 2.16. The molecule has 0 aliphatic rings. The van der Waals surface area contributed by atoms with Gasteiger partial charge in [-0.1, -0.05) is 34.1 Å². The third kappa shape index (κ3) is 2.40. The Morgan fingerprint density at radius 2 is 1.95 bits per heavy atom. The minimum absolute atomic E-state index is 0.137. The highest BCUT2D eigenvalue weighted by atomic mass is 79.9. The predicted octanol–water partition coefficient (Wildman–Crippen LogP) is 3.26. The smallest absolute Gasteiger partial charge is 0.228 e. The number of ketones is 1. The van der Waals surface area contributed by atoms with Gasteiger partial charge in [-0.15, -0.1) is 0 Å². The van der Waals surface area contributed by atoms with Crippen LogP contribution >= 0.6 is 15.9 Å². The summed E-state index contributed by atoms with van der Waals surface area (Å²) in [5.74, 6) is 0.882. The minimum atomic E-state index is -0.137. The fraction of sp³-hybridized carbons (Fsp3) is 0. The van der Waals surface area contributed by atoms with Crippen LogP contribution in [0.25, 0.3) is 5.82 Å². The molecule has 0 radical (unpaired) electrons. The van der Waals surface area contributed by atoms with Crippen LogP contribution in [0.15, 0.2) is 65.5 Å². The van der Waals surface area contributed by atoms with Crippen LogP contribution in [0.4, 0.5) is 0 Å². The molecule has 3 rings (SSSR count). The second-order valence-corrected chi connectivity index (χ2v) is 5.06. The van der Waals surface area contributed by atoms with Crippen molar-refractivity contribution in [3.63, 3.8) is 0 Å². The largest absolute Gasteiger partial charge is 0.285 e. The Balaban J connectivity index is 2.04. The molecule has 1 aromatic carbocycles. The summed E-state index contributed by atoms with van der Waals surface area (Å²) < 4.78 is 2.54. The monoisotopic (exact) mass is 327 g/mol. The Morgan fingerprint density at radius 1 is 1.05 bits per heavy atom. The highest BCUT2D eigenvalue weighted by molar-refractivity contribution is 9.10. The van der Waals surface area contributed by atoms with E-state index >= 15 is 0 Å². The van der Waals surface area contributed by atoms with Crippen LogP contribution in [0.3, 0.4) is 0 Å². The molecule has 0 spiro atoms. The first-order valence-corrected chi connectivity index (χ1v) is 6.80. The number of carbonyl (C=O) groups is 1. The molecule has 5 heteroatoms. The van der Waals surface area contributed by atoms with E-state index in [4.69, 9.17) is 0 Å². The predicted molar refractivity (Wildman–Crippen MR) is 78.9 cm³/mol. The molecular formula is C15H10BrN3O. The number of carbonyl (C=O) groups excluding carboxylic acids is 1. The average molecular weight is 328 g/mol. The number of nitrogens with zero attached hydrogens (tertiary/aromatic N) is 3. The quantitative estimate of drug-likeness (QED) is 0.694. The number of pyridine rings is 1. The standard InChI is InChI=1S/C15H10BrN3O/c16-12-5-3-4-11(10-12)14(20)15-18-8-9-19(15)13-6-1-2-7-17-13/h1-10H. The summed E-state index contributed by atoms with van der Waals surface area (Å²) in [6.07, 6.45) is 5.01. The summed E-state index contributed by atoms with van der Waals surface area (Å²) in [5, 5.41) is 0. The Labute approximate surface area is 124 Å². The average Bonchev–Trinajstić information content (AvgIpc) is 2.97. The lowest BCUT2D eigenvalue weighted by molar-refractivity contribution is 0.102. The van der Waals surface area contributed by atoms with Crippen molar-refractivity contribution >= 4 is 21.7 Å². The first-order chi connectivity index (χ1) is 9.75. The van der Waals surface area contributed by atoms with Gasteiger partial charge in [0.2, 0.25) is 5.78 Å². The maximum Gasteiger partial charge on any atom is 0.228 e. The van der Waals surface area contributed by atoms with Crippen LogP contribution in [-0.2, 0) is 0 Å². The molecule has 0 amide bonds. The number of hydrogen-bond acceptors (Lipinski definition) is 3. The minimum Gasteiger partial charge on any atom is -0.285 e. The molecule has 0 unspecified atom stereocenters. The van der Waals surface area contributed by atoms with Crippen molar-refractivity contribution in [3.8, 4) is 5.82 Å². The van der Waals surface area contributed by atoms with Gasteiger partial charge in [-0.3, -0.25) is 9.36 Å². The third-order valence-electron chi connectivity index (χ3n) is 2.83. The number of hydrogen-bond donors (Lipinski definition) is 0. The Morgan fingerprint density at radius 3 is 2.70 bits per heavy atom. The Kier molecular flexibility index (Phi) is 3.43. The molecule has 2 aromatic heterocycles. The first-order valence-electron chi connectivity index (χ1n) is 6.01. The van der Waals surface area contributed by atoms with Crippen molar-refractivity contribution in [1.29, 1.82) is 0 Å². The van der Waals surface area contributed by atoms with Crippen LogP contribution in [0.2, 0.25) is 0 Å². The molecule has 2 heterocycles. The van der Waals surface area contributed by atoms with Crippen LogP contribution < -0.4 is 0 Å². The summed E-state index contributed by atoms with van der Waals surface area (Å²) in [6, 6.07) is 12.8. The second kappa shape index (κ2) is 5.38. The third-order valence-corrected chi connectivity index (χ3v) is 3.32. The summed E-state index contributed by atoms with van der Waals surface area (Å²) in [5.41, 5.74) is 0.586. The lowest BCUT2D eigenvalue weighted by Gasteiger charge is -2.06. The summed E-state index contributed by atoms with van der Waals surface area (Å²) in [4.78, 5) is 20.9. The second-order valence-electron chi connectivity index (χ2n) is 4.15. The van der Waals surface area contributed by atoms with E-state index in [0.717, 1.165) is 4.47 Å². The van der Waals surface area contributed by atoms with Gasteiger partial charge in [-0.25, -0.2) is 9.97 Å². The van der Waals surface area contributed by atoms with Gasteiger partial charge in [0.15, 0.2) is 5.82 Å². The molecule has 0 fully saturated rings. The fourth-order valence-electron chi connectivity index (χ4n) is 1.91. The van der Waals surface area contributed by atoms with Gasteiger partial charge in [0.05, 0.1) is 0 Å². The lowest BCUT2D eigenvalue weighted by Crippen LogP contribution is -2.10. The van der Waals surface area contributed by atoms with Gasteiger partial charge in [0.1, 0.15) is 5.82 Å². The van der Waals surface area contributed by atoms with Gasteiger partial charge in [0, 0.05) is 28.6 Å². The van der Waals surface area contributed by atoms with Gasteiger partial charge in [0.25, 0.3) is 0 Å².